The lowest BCUT2D eigenvalue weighted by molar-refractivity contribution is 0.0692. The fourth-order valence-corrected chi connectivity index (χ4v) is 2.53. The number of aromatic nitrogens is 1. The normalized spacial score (nSPS) is 10.2. The van der Waals surface area contributed by atoms with Crippen LogP contribution >= 0.6 is 33.9 Å². The molecule has 0 aliphatic rings. The Morgan fingerprint density at radius 2 is 2.29 bits per heavy atom. The zero-order chi connectivity index (χ0) is 12.4. The van der Waals surface area contributed by atoms with Crippen LogP contribution in [-0.4, -0.2) is 16.1 Å². The second-order valence-electron chi connectivity index (χ2n) is 3.37. The summed E-state index contributed by atoms with van der Waals surface area (Å²) < 4.78 is 1.13. The molecule has 0 fully saturated rings. The molecule has 88 valence electrons. The second-order valence-corrected chi connectivity index (χ2v) is 5.39. The van der Waals surface area contributed by atoms with Gasteiger partial charge in [-0.05, 0) is 47.2 Å². The van der Waals surface area contributed by atoms with Crippen LogP contribution in [0, 0.1) is 10.5 Å². The van der Waals surface area contributed by atoms with Gasteiger partial charge in [0.25, 0.3) is 0 Å². The van der Waals surface area contributed by atoms with E-state index in [-0.39, 0.29) is 5.69 Å². The Labute approximate surface area is 116 Å². The summed E-state index contributed by atoms with van der Waals surface area (Å²) in [5.74, 6) is -1.02. The first-order valence-electron chi connectivity index (χ1n) is 4.78. The molecule has 0 spiro atoms. The highest BCUT2D eigenvalue weighted by Gasteiger charge is 2.14. The summed E-state index contributed by atoms with van der Waals surface area (Å²) in [5, 5.41) is 12.6. The molecule has 2 rings (SSSR count). The summed E-state index contributed by atoms with van der Waals surface area (Å²) in [4.78, 5) is 14.7. The van der Waals surface area contributed by atoms with Gasteiger partial charge in [0.15, 0.2) is 5.69 Å². The van der Waals surface area contributed by atoms with Crippen LogP contribution in [0.5, 0.6) is 0 Å². The average Bonchev–Trinajstić information content (AvgIpc) is 2.73. The van der Waals surface area contributed by atoms with Gasteiger partial charge in [0.2, 0.25) is 0 Å². The van der Waals surface area contributed by atoms with Crippen molar-refractivity contribution in [1.82, 2.24) is 4.98 Å². The largest absolute Gasteiger partial charge is 0.476 e. The Morgan fingerprint density at radius 1 is 1.53 bits per heavy atom. The summed E-state index contributed by atoms with van der Waals surface area (Å²) in [6.45, 7) is 1.99. The maximum Gasteiger partial charge on any atom is 0.357 e. The van der Waals surface area contributed by atoms with E-state index in [1.165, 1.54) is 16.8 Å². The number of hydrogen-bond donors (Lipinski definition) is 2. The molecule has 0 bridgehead atoms. The first-order chi connectivity index (χ1) is 8.09. The lowest BCUT2D eigenvalue weighted by Gasteiger charge is -2.09. The summed E-state index contributed by atoms with van der Waals surface area (Å²) in [5.41, 5.74) is 3.59. The Bertz CT molecular complexity index is 568. The smallest absolute Gasteiger partial charge is 0.357 e. The average molecular weight is 360 g/mol. The SMILES string of the molecule is Cc1c(I)cccc1Nc1scnc1C(=O)O. The van der Waals surface area contributed by atoms with Crippen molar-refractivity contribution in [2.24, 2.45) is 0 Å². The maximum atomic E-state index is 10.9. The van der Waals surface area contributed by atoms with Crippen LogP contribution in [0.15, 0.2) is 23.7 Å². The van der Waals surface area contributed by atoms with Crippen LogP contribution in [0.25, 0.3) is 0 Å². The van der Waals surface area contributed by atoms with Crippen LogP contribution in [0.1, 0.15) is 16.1 Å². The van der Waals surface area contributed by atoms with E-state index in [2.05, 4.69) is 32.9 Å². The van der Waals surface area contributed by atoms with Crippen LogP contribution in [-0.2, 0) is 0 Å². The summed E-state index contributed by atoms with van der Waals surface area (Å²) in [7, 11) is 0. The predicted molar refractivity (Wildman–Crippen MR) is 76.3 cm³/mol. The molecule has 4 nitrogen and oxygen atoms in total. The molecule has 0 saturated carbocycles. The van der Waals surface area contributed by atoms with Crippen molar-refractivity contribution in [3.63, 3.8) is 0 Å². The second kappa shape index (κ2) is 5.01. The van der Waals surface area contributed by atoms with E-state index in [0.29, 0.717) is 5.00 Å². The molecule has 1 aromatic carbocycles. The quantitative estimate of drug-likeness (QED) is 0.823. The standard InChI is InChI=1S/C11H9IN2O2S/c1-6-7(12)3-2-4-8(6)14-10-9(11(15)16)13-5-17-10/h2-5,14H,1H3,(H,15,16). The Hall–Kier alpha value is -1.15. The van der Waals surface area contributed by atoms with E-state index in [0.717, 1.165) is 14.8 Å². The topological polar surface area (TPSA) is 62.2 Å². The van der Waals surface area contributed by atoms with Gasteiger partial charge in [-0.3, -0.25) is 0 Å². The molecule has 1 aromatic heterocycles. The van der Waals surface area contributed by atoms with E-state index in [9.17, 15) is 4.79 Å². The molecule has 0 aliphatic heterocycles. The molecule has 0 atom stereocenters. The molecule has 2 N–H and O–H groups in total. The first-order valence-corrected chi connectivity index (χ1v) is 6.74. The third kappa shape index (κ3) is 2.58. The Kier molecular flexibility index (Phi) is 3.63. The number of rotatable bonds is 3. The number of carboxylic acid groups (broad SMARTS) is 1. The highest BCUT2D eigenvalue weighted by atomic mass is 127. The number of nitrogens with one attached hydrogen (secondary N) is 1. The van der Waals surface area contributed by atoms with E-state index in [1.807, 2.05) is 25.1 Å². The molecule has 0 amide bonds. The molecule has 17 heavy (non-hydrogen) atoms. The molecule has 0 unspecified atom stereocenters. The Morgan fingerprint density at radius 3 is 3.00 bits per heavy atom. The summed E-state index contributed by atoms with van der Waals surface area (Å²) in [6, 6.07) is 5.85. The van der Waals surface area contributed by atoms with E-state index >= 15 is 0 Å². The zero-order valence-corrected chi connectivity index (χ0v) is 11.9. The van der Waals surface area contributed by atoms with E-state index in [4.69, 9.17) is 5.11 Å². The van der Waals surface area contributed by atoms with Gasteiger partial charge in [0.05, 0.1) is 5.51 Å². The van der Waals surface area contributed by atoms with Crippen molar-refractivity contribution < 1.29 is 9.90 Å². The number of aromatic carboxylic acids is 1. The molecular weight excluding hydrogens is 351 g/mol. The van der Waals surface area contributed by atoms with Crippen molar-refractivity contribution in [1.29, 1.82) is 0 Å². The fraction of sp³-hybridized carbons (Fsp3) is 0.0909. The molecule has 1 heterocycles. The third-order valence-corrected chi connectivity index (χ3v) is 4.20. The number of halogens is 1. The van der Waals surface area contributed by atoms with Crippen molar-refractivity contribution >= 4 is 50.6 Å². The Balaban J connectivity index is 2.35. The summed E-state index contributed by atoms with van der Waals surface area (Å²) in [6.07, 6.45) is 0. The molecule has 0 aliphatic carbocycles. The number of nitrogens with zero attached hydrogens (tertiary/aromatic N) is 1. The zero-order valence-electron chi connectivity index (χ0n) is 8.90. The minimum atomic E-state index is -1.02. The number of hydrogen-bond acceptors (Lipinski definition) is 4. The van der Waals surface area contributed by atoms with Gasteiger partial charge in [-0.1, -0.05) is 6.07 Å². The van der Waals surface area contributed by atoms with E-state index < -0.39 is 5.97 Å². The van der Waals surface area contributed by atoms with E-state index in [1.54, 1.807) is 0 Å². The molecule has 2 aromatic rings. The number of benzene rings is 1. The highest BCUT2D eigenvalue weighted by molar-refractivity contribution is 14.1. The predicted octanol–water partition coefficient (Wildman–Crippen LogP) is 3.50. The minimum Gasteiger partial charge on any atom is -0.476 e. The lowest BCUT2D eigenvalue weighted by Crippen LogP contribution is -2.02. The van der Waals surface area contributed by atoms with Crippen LogP contribution in [0.4, 0.5) is 10.7 Å². The van der Waals surface area contributed by atoms with Gasteiger partial charge < -0.3 is 10.4 Å². The van der Waals surface area contributed by atoms with Gasteiger partial charge >= 0.3 is 5.97 Å². The van der Waals surface area contributed by atoms with Gasteiger partial charge in [-0.2, -0.15) is 0 Å². The lowest BCUT2D eigenvalue weighted by atomic mass is 10.2. The molecular formula is C11H9IN2O2S. The number of carboxylic acids is 1. The molecule has 0 radical (unpaired) electrons. The fourth-order valence-electron chi connectivity index (χ4n) is 1.35. The van der Waals surface area contributed by atoms with Crippen molar-refractivity contribution in [3.8, 4) is 0 Å². The van der Waals surface area contributed by atoms with Crippen LogP contribution in [0.2, 0.25) is 0 Å². The number of carbonyl (C=O) groups is 1. The monoisotopic (exact) mass is 360 g/mol. The van der Waals surface area contributed by atoms with Crippen molar-refractivity contribution in [2.75, 3.05) is 5.32 Å². The van der Waals surface area contributed by atoms with Crippen molar-refractivity contribution in [2.45, 2.75) is 6.92 Å². The molecule has 0 saturated heterocycles. The minimum absolute atomic E-state index is 0.0632. The van der Waals surface area contributed by atoms with Gasteiger partial charge in [-0.15, -0.1) is 11.3 Å². The number of anilines is 2. The van der Waals surface area contributed by atoms with Crippen LogP contribution < -0.4 is 5.32 Å². The highest BCUT2D eigenvalue weighted by Crippen LogP contribution is 2.28. The summed E-state index contributed by atoms with van der Waals surface area (Å²) >= 11 is 3.53. The van der Waals surface area contributed by atoms with Crippen molar-refractivity contribution in [3.05, 3.63) is 38.5 Å². The maximum absolute atomic E-state index is 10.9. The van der Waals surface area contributed by atoms with Gasteiger partial charge in [0, 0.05) is 9.26 Å². The number of thiazole rings is 1. The molecule has 6 heteroatoms. The van der Waals surface area contributed by atoms with Crippen LogP contribution in [0.3, 0.4) is 0 Å². The van der Waals surface area contributed by atoms with Gasteiger partial charge in [0.1, 0.15) is 5.00 Å². The first kappa shape index (κ1) is 12.3. The van der Waals surface area contributed by atoms with Gasteiger partial charge in [-0.25, -0.2) is 9.78 Å². The third-order valence-electron chi connectivity index (χ3n) is 2.29.